The van der Waals surface area contributed by atoms with Crippen LogP contribution in [0, 0.1) is 56.7 Å². The lowest BCUT2D eigenvalue weighted by Crippen LogP contribution is -2.67. The van der Waals surface area contributed by atoms with Crippen molar-refractivity contribution < 1.29 is 19.1 Å². The summed E-state index contributed by atoms with van der Waals surface area (Å²) in [5.41, 5.74) is 0.997. The minimum atomic E-state index is -0.141. The second-order valence-electron chi connectivity index (χ2n) is 15.2. The van der Waals surface area contributed by atoms with Crippen molar-refractivity contribution in [2.24, 2.45) is 56.7 Å². The summed E-state index contributed by atoms with van der Waals surface area (Å²) in [6, 6.07) is 0. The molecule has 5 saturated carbocycles. The Morgan fingerprint density at radius 3 is 2.19 bits per heavy atom. The van der Waals surface area contributed by atoms with Crippen LogP contribution in [0.4, 0.5) is 0 Å². The first-order chi connectivity index (χ1) is 17.2. The van der Waals surface area contributed by atoms with Gasteiger partial charge in [-0.3, -0.25) is 9.59 Å². The van der Waals surface area contributed by atoms with Gasteiger partial charge in [-0.25, -0.2) is 0 Å². The Bertz CT molecular complexity index is 954. The maximum absolute atomic E-state index is 11.9. The van der Waals surface area contributed by atoms with E-state index in [1.807, 2.05) is 0 Å². The number of fused-ring (bicyclic) bond motifs is 7. The molecule has 0 aromatic rings. The lowest BCUT2D eigenvalue weighted by atomic mass is 9.32. The summed E-state index contributed by atoms with van der Waals surface area (Å²) >= 11 is 0. The van der Waals surface area contributed by atoms with Crippen molar-refractivity contribution in [2.45, 2.75) is 119 Å². The van der Waals surface area contributed by atoms with E-state index >= 15 is 0 Å². The van der Waals surface area contributed by atoms with Gasteiger partial charge in [-0.05, 0) is 110 Å². The lowest BCUT2D eigenvalue weighted by Gasteiger charge is -2.73. The van der Waals surface area contributed by atoms with Gasteiger partial charge >= 0.3 is 11.9 Å². The number of ether oxygens (including phenoxy) is 2. The molecule has 5 aliphatic carbocycles. The zero-order valence-corrected chi connectivity index (χ0v) is 24.7. The van der Waals surface area contributed by atoms with Crippen molar-refractivity contribution in [3.63, 3.8) is 0 Å². The van der Waals surface area contributed by atoms with Gasteiger partial charge < -0.3 is 9.47 Å². The zero-order valence-electron chi connectivity index (χ0n) is 24.7. The highest BCUT2D eigenvalue weighted by Gasteiger charge is 2.71. The largest absolute Gasteiger partial charge is 0.465 e. The van der Waals surface area contributed by atoms with E-state index in [-0.39, 0.29) is 39.7 Å². The van der Waals surface area contributed by atoms with Gasteiger partial charge in [0.05, 0.1) is 6.61 Å². The normalized spacial score (nSPS) is 50.0. The number of carbonyl (C=O) groups is 2. The van der Waals surface area contributed by atoms with Gasteiger partial charge in [0, 0.05) is 24.7 Å². The molecule has 0 bridgehead atoms. The molecule has 0 heterocycles. The zero-order chi connectivity index (χ0) is 27.0. The third-order valence-electron chi connectivity index (χ3n) is 13.8. The van der Waals surface area contributed by atoms with Gasteiger partial charge in [-0.1, -0.05) is 40.7 Å². The molecule has 4 nitrogen and oxygen atoms in total. The van der Waals surface area contributed by atoms with E-state index < -0.39 is 0 Å². The summed E-state index contributed by atoms with van der Waals surface area (Å²) in [7, 11) is 0. The topological polar surface area (TPSA) is 52.6 Å². The van der Waals surface area contributed by atoms with E-state index in [0.717, 1.165) is 12.8 Å². The van der Waals surface area contributed by atoms with Gasteiger partial charge in [0.1, 0.15) is 6.10 Å². The van der Waals surface area contributed by atoms with Crippen LogP contribution < -0.4 is 0 Å². The molecule has 0 amide bonds. The molecule has 37 heavy (non-hydrogen) atoms. The molecule has 0 aromatic heterocycles. The van der Waals surface area contributed by atoms with E-state index in [2.05, 4.69) is 47.3 Å². The summed E-state index contributed by atoms with van der Waals surface area (Å²) in [4.78, 5) is 23.8. The van der Waals surface area contributed by atoms with E-state index in [1.165, 1.54) is 51.4 Å². The van der Waals surface area contributed by atoms with Crippen LogP contribution in [0.25, 0.3) is 0 Å². The van der Waals surface area contributed by atoms with Crippen molar-refractivity contribution >= 4 is 11.9 Å². The Morgan fingerprint density at radius 2 is 1.54 bits per heavy atom. The molecule has 0 saturated heterocycles. The molecule has 5 rings (SSSR count). The molecule has 208 valence electrons. The maximum Gasteiger partial charge on any atom is 0.302 e. The molecule has 5 fully saturated rings. The fourth-order valence-corrected chi connectivity index (χ4v) is 11.9. The first-order valence-electron chi connectivity index (χ1n) is 15.2. The number of rotatable bonds is 4. The summed E-state index contributed by atoms with van der Waals surface area (Å²) in [5.74, 6) is 2.76. The number of hydrogen-bond donors (Lipinski definition) is 0. The van der Waals surface area contributed by atoms with Gasteiger partial charge in [-0.15, -0.1) is 6.58 Å². The third-order valence-corrected chi connectivity index (χ3v) is 13.8. The summed E-state index contributed by atoms with van der Waals surface area (Å²) in [6.07, 6.45) is 14.2. The predicted molar refractivity (Wildman–Crippen MR) is 147 cm³/mol. The summed E-state index contributed by atoms with van der Waals surface area (Å²) in [6.45, 7) is 20.7. The third kappa shape index (κ3) is 3.73. The average Bonchev–Trinajstić information content (AvgIpc) is 3.19. The number of carbonyl (C=O) groups excluding carboxylic acids is 2. The summed E-state index contributed by atoms with van der Waals surface area (Å²) in [5, 5.41) is 0. The average molecular weight is 513 g/mol. The molecule has 0 spiro atoms. The minimum Gasteiger partial charge on any atom is -0.465 e. The van der Waals surface area contributed by atoms with E-state index in [0.29, 0.717) is 41.6 Å². The maximum atomic E-state index is 11.9. The van der Waals surface area contributed by atoms with Crippen LogP contribution in [-0.2, 0) is 19.1 Å². The number of hydrogen-bond acceptors (Lipinski definition) is 4. The molecule has 10 atom stereocenters. The second kappa shape index (κ2) is 8.85. The molecule has 0 aliphatic heterocycles. The highest BCUT2D eigenvalue weighted by molar-refractivity contribution is 5.66. The Balaban J connectivity index is 1.48. The van der Waals surface area contributed by atoms with Crippen LogP contribution in [0.5, 0.6) is 0 Å². The van der Waals surface area contributed by atoms with Crippen molar-refractivity contribution in [3.05, 3.63) is 12.7 Å². The highest BCUT2D eigenvalue weighted by atomic mass is 16.5. The molecule has 0 aromatic carbocycles. The molecule has 0 radical (unpaired) electrons. The quantitative estimate of drug-likeness (QED) is 0.285. The standard InChI is InChI=1S/C33H52O4/c1-9-23-12-17-33(20-36-21(2)34)19-18-31(7)24(28(23)33)10-11-26-30(6)15-14-27(37-22(3)35)29(4,5)25(30)13-16-32(26,31)8/h9,23-28H,1,10-20H2,2-8H3/t23-,24-,25-,26+,27-,28-,30+,31-,32-,33-/m0/s1. The van der Waals surface area contributed by atoms with E-state index in [1.54, 1.807) is 13.8 Å². The summed E-state index contributed by atoms with van der Waals surface area (Å²) < 4.78 is 11.7. The van der Waals surface area contributed by atoms with Crippen LogP contribution >= 0.6 is 0 Å². The van der Waals surface area contributed by atoms with Gasteiger partial charge in [0.15, 0.2) is 0 Å². The molecular formula is C33H52O4. The molecular weight excluding hydrogens is 460 g/mol. The molecule has 4 heteroatoms. The van der Waals surface area contributed by atoms with Gasteiger partial charge in [0.25, 0.3) is 0 Å². The van der Waals surface area contributed by atoms with Crippen LogP contribution in [0.15, 0.2) is 12.7 Å². The Labute approximate surface area is 225 Å². The van der Waals surface area contributed by atoms with E-state index in [9.17, 15) is 9.59 Å². The van der Waals surface area contributed by atoms with Crippen LogP contribution in [-0.4, -0.2) is 24.6 Å². The second-order valence-corrected chi connectivity index (χ2v) is 15.2. The SMILES string of the molecule is C=C[C@H]1CC[C@@]2(COC(C)=O)CC[C@@]3(C)[C@@H](CC[C@@H]4[C@]5(C)CC[C@H](OC(C)=O)C(C)(C)[C@@H]5CC[C@@]43C)[C@H]12. The monoisotopic (exact) mass is 512 g/mol. The van der Waals surface area contributed by atoms with Gasteiger partial charge in [-0.2, -0.15) is 0 Å². The van der Waals surface area contributed by atoms with E-state index in [4.69, 9.17) is 9.47 Å². The molecule has 5 aliphatic rings. The Morgan fingerprint density at radius 1 is 0.811 bits per heavy atom. The van der Waals surface area contributed by atoms with Crippen LogP contribution in [0.2, 0.25) is 0 Å². The van der Waals surface area contributed by atoms with Crippen LogP contribution in [0.1, 0.15) is 113 Å². The van der Waals surface area contributed by atoms with Crippen molar-refractivity contribution in [2.75, 3.05) is 6.61 Å². The first-order valence-corrected chi connectivity index (χ1v) is 15.2. The number of allylic oxidation sites excluding steroid dienone is 1. The first kappa shape index (κ1) is 27.3. The Hall–Kier alpha value is -1.32. The molecule has 0 N–H and O–H groups in total. The lowest BCUT2D eigenvalue weighted by molar-refractivity contribution is -0.251. The minimum absolute atomic E-state index is 0.00287. The van der Waals surface area contributed by atoms with Crippen molar-refractivity contribution in [1.82, 2.24) is 0 Å². The Kier molecular flexibility index (Phi) is 6.52. The molecule has 0 unspecified atom stereocenters. The number of esters is 2. The fourth-order valence-electron chi connectivity index (χ4n) is 11.9. The fraction of sp³-hybridized carbons (Fsp3) is 0.879. The van der Waals surface area contributed by atoms with Gasteiger partial charge in [0.2, 0.25) is 0 Å². The van der Waals surface area contributed by atoms with Crippen molar-refractivity contribution in [3.8, 4) is 0 Å². The van der Waals surface area contributed by atoms with Crippen molar-refractivity contribution in [1.29, 1.82) is 0 Å². The smallest absolute Gasteiger partial charge is 0.302 e. The predicted octanol–water partition coefficient (Wildman–Crippen LogP) is 7.75. The van der Waals surface area contributed by atoms with Crippen LogP contribution in [0.3, 0.4) is 0 Å². The highest BCUT2D eigenvalue weighted by Crippen LogP contribution is 2.77.